The van der Waals surface area contributed by atoms with Gasteiger partial charge in [0.1, 0.15) is 12.4 Å². The molecule has 0 saturated heterocycles. The first-order valence-electron chi connectivity index (χ1n) is 15.8. The number of ether oxygens (including phenoxy) is 1. The Labute approximate surface area is 284 Å². The normalized spacial score (nSPS) is 14.1. The lowest BCUT2D eigenvalue weighted by molar-refractivity contribution is -0.343. The summed E-state index contributed by atoms with van der Waals surface area (Å²) in [5.41, 5.74) is -1.31. The molecule has 0 aromatic heterocycles. The molecule has 4 nitrogen and oxygen atoms in total. The van der Waals surface area contributed by atoms with Crippen molar-refractivity contribution in [3.8, 4) is 17.6 Å². The van der Waals surface area contributed by atoms with Crippen LogP contribution in [0.25, 0.3) is 5.57 Å². The van der Waals surface area contributed by atoms with Gasteiger partial charge >= 0.3 is 18.0 Å². The smallest absolute Gasteiger partial charge is 0.438 e. The summed E-state index contributed by atoms with van der Waals surface area (Å²) >= 11 is 0. The van der Waals surface area contributed by atoms with Gasteiger partial charge in [-0.15, -0.1) is 0 Å². The van der Waals surface area contributed by atoms with Gasteiger partial charge in [0.25, 0.3) is 0 Å². The highest BCUT2D eigenvalue weighted by molar-refractivity contribution is 6.74. The number of alkyl halides is 6. The quantitative estimate of drug-likeness (QED) is 0.143. The largest absolute Gasteiger partial charge is 0.489 e. The van der Waals surface area contributed by atoms with Crippen LogP contribution in [0, 0.1) is 11.8 Å². The van der Waals surface area contributed by atoms with Crippen molar-refractivity contribution in [3.05, 3.63) is 70.8 Å². The maximum atomic E-state index is 13.0. The van der Waals surface area contributed by atoms with Crippen LogP contribution < -0.4 is 4.74 Å². The first-order chi connectivity index (χ1) is 21.6. The van der Waals surface area contributed by atoms with E-state index in [1.54, 1.807) is 37.1 Å². The molecule has 268 valence electrons. The number of rotatable bonds is 11. The van der Waals surface area contributed by atoms with E-state index in [-0.39, 0.29) is 23.1 Å². The van der Waals surface area contributed by atoms with Crippen molar-refractivity contribution in [2.45, 2.75) is 129 Å². The standard InChI is InChI=1S/C36H50F6O4Si2/c1-12-27(16-14-20-34(43,35(37,38)39)36(40,41)42)28-15-13-17-31(22-28)44-23-26-18-19-29(24-45-47(8,9)32(2,3)4)30(21-26)25-46-48(10,11)33(5,6)7/h13,15-19,21-22,43H,12,23-25H2,1-11H3/b27-16-. The van der Waals surface area contributed by atoms with Crippen LogP contribution in [0.2, 0.25) is 36.3 Å². The molecular weight excluding hydrogens is 667 g/mol. The van der Waals surface area contributed by atoms with Crippen LogP contribution in [0.5, 0.6) is 5.75 Å². The van der Waals surface area contributed by atoms with E-state index in [0.717, 1.165) is 28.7 Å². The Hall–Kier alpha value is -2.57. The predicted octanol–water partition coefficient (Wildman–Crippen LogP) is 11.0. The molecule has 0 aliphatic carbocycles. The molecular formula is C36H50F6O4Si2. The summed E-state index contributed by atoms with van der Waals surface area (Å²) in [4.78, 5) is 0. The first-order valence-corrected chi connectivity index (χ1v) is 21.7. The molecule has 0 aliphatic heterocycles. The number of hydrogen-bond acceptors (Lipinski definition) is 4. The van der Waals surface area contributed by atoms with Crippen LogP contribution in [-0.2, 0) is 28.7 Å². The lowest BCUT2D eigenvalue weighted by Gasteiger charge is -2.37. The van der Waals surface area contributed by atoms with E-state index in [2.05, 4.69) is 73.8 Å². The van der Waals surface area contributed by atoms with Crippen LogP contribution in [0.3, 0.4) is 0 Å². The van der Waals surface area contributed by atoms with Crippen LogP contribution in [0.1, 0.15) is 77.1 Å². The van der Waals surface area contributed by atoms with Crippen LogP contribution in [-0.4, -0.2) is 39.7 Å². The molecule has 0 radical (unpaired) electrons. The average molecular weight is 717 g/mol. The second kappa shape index (κ2) is 15.1. The molecule has 48 heavy (non-hydrogen) atoms. The molecule has 2 rings (SSSR count). The molecule has 0 aliphatic rings. The van der Waals surface area contributed by atoms with Crippen molar-refractivity contribution in [1.29, 1.82) is 0 Å². The molecule has 0 saturated carbocycles. The van der Waals surface area contributed by atoms with E-state index in [0.29, 0.717) is 30.1 Å². The molecule has 0 unspecified atom stereocenters. The highest BCUT2D eigenvalue weighted by atomic mass is 28.4. The van der Waals surface area contributed by atoms with Gasteiger partial charge in [0.15, 0.2) is 16.6 Å². The lowest BCUT2D eigenvalue weighted by atomic mass is 10.0. The summed E-state index contributed by atoms with van der Waals surface area (Å²) in [7, 11) is -4.06. The Morgan fingerprint density at radius 3 is 1.75 bits per heavy atom. The summed E-state index contributed by atoms with van der Waals surface area (Å²) in [6, 6.07) is 12.7. The topological polar surface area (TPSA) is 47.9 Å². The molecule has 1 N–H and O–H groups in total. The van der Waals surface area contributed by atoms with E-state index in [1.807, 2.05) is 12.1 Å². The SMILES string of the molecule is CC/C(=C/C#CC(O)(C(F)(F)F)C(F)(F)F)c1cccc(OCc2ccc(CO[Si](C)(C)C(C)(C)C)c(CO[Si](C)(C)C(C)(C)C)c2)c1. The second-order valence-electron chi connectivity index (χ2n) is 15.0. The fraction of sp³-hybridized carbons (Fsp3) is 0.556. The number of aliphatic hydroxyl groups is 1. The Bertz CT molecular complexity index is 1470. The van der Waals surface area contributed by atoms with E-state index in [4.69, 9.17) is 13.6 Å². The lowest BCUT2D eigenvalue weighted by Crippen LogP contribution is -2.55. The van der Waals surface area contributed by atoms with Gasteiger partial charge in [-0.1, -0.05) is 78.7 Å². The number of benzene rings is 2. The van der Waals surface area contributed by atoms with Crippen molar-refractivity contribution in [2.75, 3.05) is 0 Å². The molecule has 0 bridgehead atoms. The predicted molar refractivity (Wildman–Crippen MR) is 184 cm³/mol. The van der Waals surface area contributed by atoms with Crippen molar-refractivity contribution in [1.82, 2.24) is 0 Å². The zero-order valence-electron chi connectivity index (χ0n) is 29.9. The summed E-state index contributed by atoms with van der Waals surface area (Å²) in [6.45, 7) is 24.8. The minimum absolute atomic E-state index is 0.0335. The molecule has 0 fully saturated rings. The molecule has 0 atom stereocenters. The van der Waals surface area contributed by atoms with Gasteiger partial charge in [-0.25, -0.2) is 0 Å². The fourth-order valence-electron chi connectivity index (χ4n) is 3.87. The highest BCUT2D eigenvalue weighted by Crippen LogP contribution is 2.43. The number of halogens is 6. The third-order valence-corrected chi connectivity index (χ3v) is 18.3. The minimum atomic E-state index is -6.01. The van der Waals surface area contributed by atoms with E-state index < -0.39 is 34.6 Å². The summed E-state index contributed by atoms with van der Waals surface area (Å²) in [5.74, 6) is 3.19. The zero-order chi connectivity index (χ0) is 37.0. The third kappa shape index (κ3) is 10.5. The van der Waals surface area contributed by atoms with Crippen LogP contribution in [0.15, 0.2) is 48.5 Å². The first kappa shape index (κ1) is 41.6. The van der Waals surface area contributed by atoms with E-state index in [9.17, 15) is 31.4 Å². The molecule has 2 aromatic rings. The van der Waals surface area contributed by atoms with Gasteiger partial charge in [0.2, 0.25) is 0 Å². The summed E-state index contributed by atoms with van der Waals surface area (Å²) < 4.78 is 97.2. The third-order valence-electron chi connectivity index (χ3n) is 9.37. The molecule has 0 amide bonds. The van der Waals surface area contributed by atoms with Crippen molar-refractivity contribution in [3.63, 3.8) is 0 Å². The van der Waals surface area contributed by atoms with Crippen LogP contribution in [0.4, 0.5) is 26.3 Å². The van der Waals surface area contributed by atoms with Crippen molar-refractivity contribution >= 4 is 22.2 Å². The number of hydrogen-bond donors (Lipinski definition) is 1. The van der Waals surface area contributed by atoms with Gasteiger partial charge in [0, 0.05) is 0 Å². The van der Waals surface area contributed by atoms with Gasteiger partial charge < -0.3 is 18.7 Å². The van der Waals surface area contributed by atoms with Crippen molar-refractivity contribution in [2.24, 2.45) is 0 Å². The minimum Gasteiger partial charge on any atom is -0.489 e. The van der Waals surface area contributed by atoms with Crippen molar-refractivity contribution < 1.29 is 45.0 Å². The van der Waals surface area contributed by atoms with Gasteiger partial charge in [0.05, 0.1) is 13.2 Å². The van der Waals surface area contributed by atoms with Gasteiger partial charge in [-0.05, 0) is 101 Å². The number of allylic oxidation sites excluding steroid dienone is 2. The monoisotopic (exact) mass is 716 g/mol. The molecule has 0 spiro atoms. The Kier molecular flexibility index (Phi) is 13.1. The Morgan fingerprint density at radius 1 is 0.750 bits per heavy atom. The maximum absolute atomic E-state index is 13.0. The fourth-order valence-corrected chi connectivity index (χ4v) is 5.76. The zero-order valence-corrected chi connectivity index (χ0v) is 31.9. The summed E-state index contributed by atoms with van der Waals surface area (Å²) in [5, 5.41) is 9.41. The Balaban J connectivity index is 2.35. The average Bonchev–Trinajstić information content (AvgIpc) is 2.94. The van der Waals surface area contributed by atoms with Gasteiger partial charge in [-0.3, -0.25) is 0 Å². The Morgan fingerprint density at radius 2 is 1.27 bits per heavy atom. The van der Waals surface area contributed by atoms with Crippen LogP contribution >= 0.6 is 0 Å². The molecule has 0 heterocycles. The molecule has 12 heteroatoms. The highest BCUT2D eigenvalue weighted by Gasteiger charge is 2.70. The van der Waals surface area contributed by atoms with E-state index >= 15 is 0 Å². The van der Waals surface area contributed by atoms with E-state index in [1.165, 1.54) is 0 Å². The van der Waals surface area contributed by atoms with Gasteiger partial charge in [-0.2, -0.15) is 26.3 Å². The summed E-state index contributed by atoms with van der Waals surface area (Å²) in [6.07, 6.45) is -10.8. The second-order valence-corrected chi connectivity index (χ2v) is 24.6. The maximum Gasteiger partial charge on any atom is 0.438 e. The molecule has 2 aromatic carbocycles.